The van der Waals surface area contributed by atoms with Crippen molar-refractivity contribution in [3.05, 3.63) is 11.7 Å². The second-order valence-electron chi connectivity index (χ2n) is 4.33. The SMILES string of the molecule is NC(COC1CCC1)c1noc(CC(F)(F)F)n1. The zero-order valence-corrected chi connectivity index (χ0v) is 9.61. The van der Waals surface area contributed by atoms with Crippen LogP contribution in [0, 0.1) is 0 Å². The van der Waals surface area contributed by atoms with E-state index in [0.29, 0.717) is 0 Å². The van der Waals surface area contributed by atoms with Crippen LogP contribution >= 0.6 is 0 Å². The van der Waals surface area contributed by atoms with Crippen molar-refractivity contribution in [1.29, 1.82) is 0 Å². The van der Waals surface area contributed by atoms with Crippen molar-refractivity contribution in [3.63, 3.8) is 0 Å². The summed E-state index contributed by atoms with van der Waals surface area (Å²) in [7, 11) is 0. The summed E-state index contributed by atoms with van der Waals surface area (Å²) in [5.41, 5.74) is 5.71. The highest BCUT2D eigenvalue weighted by Crippen LogP contribution is 2.23. The normalized spacial score (nSPS) is 18.7. The Bertz CT molecular complexity index is 390. The van der Waals surface area contributed by atoms with Gasteiger partial charge in [-0.15, -0.1) is 0 Å². The Morgan fingerprint density at radius 1 is 1.44 bits per heavy atom. The monoisotopic (exact) mass is 265 g/mol. The highest BCUT2D eigenvalue weighted by atomic mass is 19.4. The lowest BCUT2D eigenvalue weighted by molar-refractivity contribution is -0.131. The third-order valence-electron chi connectivity index (χ3n) is 2.73. The summed E-state index contributed by atoms with van der Waals surface area (Å²) in [5, 5.41) is 3.43. The molecule has 0 radical (unpaired) electrons. The lowest BCUT2D eigenvalue weighted by Gasteiger charge is -2.26. The van der Waals surface area contributed by atoms with E-state index in [9.17, 15) is 13.2 Å². The molecule has 1 aliphatic rings. The molecule has 1 heterocycles. The predicted octanol–water partition coefficient (Wildman–Crippen LogP) is 1.74. The van der Waals surface area contributed by atoms with Gasteiger partial charge >= 0.3 is 6.18 Å². The maximum absolute atomic E-state index is 12.1. The van der Waals surface area contributed by atoms with Crippen molar-refractivity contribution in [2.75, 3.05) is 6.61 Å². The molecule has 18 heavy (non-hydrogen) atoms. The number of alkyl halides is 3. The number of ether oxygens (including phenoxy) is 1. The van der Waals surface area contributed by atoms with Crippen LogP contribution in [-0.4, -0.2) is 29.0 Å². The molecule has 0 aromatic carbocycles. The van der Waals surface area contributed by atoms with Crippen LogP contribution in [-0.2, 0) is 11.2 Å². The number of nitrogens with two attached hydrogens (primary N) is 1. The summed E-state index contributed by atoms with van der Waals surface area (Å²) in [6, 6.07) is -0.656. The third-order valence-corrected chi connectivity index (χ3v) is 2.73. The molecule has 1 aliphatic carbocycles. The summed E-state index contributed by atoms with van der Waals surface area (Å²) in [6.45, 7) is 0.190. The minimum absolute atomic E-state index is 0.0496. The van der Waals surface area contributed by atoms with E-state index >= 15 is 0 Å². The fraction of sp³-hybridized carbons (Fsp3) is 0.800. The molecule has 0 spiro atoms. The molecule has 0 saturated heterocycles. The number of rotatable bonds is 5. The number of nitrogens with zero attached hydrogens (tertiary/aromatic N) is 2. The average Bonchev–Trinajstić information content (AvgIpc) is 2.60. The van der Waals surface area contributed by atoms with E-state index in [-0.39, 0.29) is 18.5 Å². The minimum Gasteiger partial charge on any atom is -0.376 e. The number of halogens is 3. The fourth-order valence-electron chi connectivity index (χ4n) is 1.51. The van der Waals surface area contributed by atoms with Gasteiger partial charge in [0.15, 0.2) is 5.82 Å². The van der Waals surface area contributed by atoms with Gasteiger partial charge in [0.2, 0.25) is 5.89 Å². The molecule has 1 aromatic rings. The largest absolute Gasteiger partial charge is 0.397 e. The molecule has 1 atom stereocenters. The first-order valence-electron chi connectivity index (χ1n) is 5.70. The molecule has 102 valence electrons. The molecule has 2 N–H and O–H groups in total. The molecule has 1 saturated carbocycles. The number of hydrogen-bond acceptors (Lipinski definition) is 5. The van der Waals surface area contributed by atoms with E-state index in [4.69, 9.17) is 10.5 Å². The van der Waals surface area contributed by atoms with Crippen LogP contribution in [0.1, 0.15) is 37.0 Å². The Kier molecular flexibility index (Phi) is 3.86. The molecular formula is C10H14F3N3O2. The van der Waals surface area contributed by atoms with Crippen LogP contribution in [0.4, 0.5) is 13.2 Å². The van der Waals surface area contributed by atoms with Gasteiger partial charge in [-0.1, -0.05) is 5.16 Å². The van der Waals surface area contributed by atoms with E-state index in [1.165, 1.54) is 0 Å². The van der Waals surface area contributed by atoms with E-state index in [2.05, 4.69) is 14.7 Å². The van der Waals surface area contributed by atoms with Crippen LogP contribution in [0.25, 0.3) is 0 Å². The second-order valence-corrected chi connectivity index (χ2v) is 4.33. The summed E-state index contributed by atoms with van der Waals surface area (Å²) in [6.07, 6.45) is -2.27. The van der Waals surface area contributed by atoms with Gasteiger partial charge in [-0.3, -0.25) is 0 Å². The van der Waals surface area contributed by atoms with Crippen molar-refractivity contribution in [2.45, 2.75) is 44.0 Å². The second kappa shape index (κ2) is 5.23. The smallest absolute Gasteiger partial charge is 0.376 e. The highest BCUT2D eigenvalue weighted by Gasteiger charge is 2.31. The lowest BCUT2D eigenvalue weighted by Crippen LogP contribution is -2.27. The van der Waals surface area contributed by atoms with Crippen molar-refractivity contribution >= 4 is 0 Å². The van der Waals surface area contributed by atoms with Crippen LogP contribution in [0.15, 0.2) is 4.52 Å². The van der Waals surface area contributed by atoms with Gasteiger partial charge in [-0.25, -0.2) is 0 Å². The topological polar surface area (TPSA) is 74.2 Å². The van der Waals surface area contributed by atoms with Gasteiger partial charge < -0.3 is 15.0 Å². The van der Waals surface area contributed by atoms with Crippen LogP contribution in [0.3, 0.4) is 0 Å². The summed E-state index contributed by atoms with van der Waals surface area (Å²) >= 11 is 0. The molecule has 2 rings (SSSR count). The van der Waals surface area contributed by atoms with Gasteiger partial charge in [0.25, 0.3) is 0 Å². The van der Waals surface area contributed by atoms with Crippen LogP contribution in [0.5, 0.6) is 0 Å². The van der Waals surface area contributed by atoms with Gasteiger partial charge in [0, 0.05) is 0 Å². The molecular weight excluding hydrogens is 251 g/mol. The van der Waals surface area contributed by atoms with Gasteiger partial charge in [0.1, 0.15) is 6.42 Å². The molecule has 8 heteroatoms. The summed E-state index contributed by atoms with van der Waals surface area (Å²) < 4.78 is 46.2. The lowest BCUT2D eigenvalue weighted by atomic mass is 9.96. The van der Waals surface area contributed by atoms with Crippen molar-refractivity contribution in [1.82, 2.24) is 10.1 Å². The third kappa shape index (κ3) is 3.67. The molecule has 1 fully saturated rings. The molecule has 0 amide bonds. The van der Waals surface area contributed by atoms with Gasteiger partial charge in [-0.2, -0.15) is 18.2 Å². The van der Waals surface area contributed by atoms with E-state index < -0.39 is 24.5 Å². The summed E-state index contributed by atoms with van der Waals surface area (Å²) in [4.78, 5) is 3.61. The number of aromatic nitrogens is 2. The first-order valence-corrected chi connectivity index (χ1v) is 5.70. The van der Waals surface area contributed by atoms with E-state index in [0.717, 1.165) is 19.3 Å². The Morgan fingerprint density at radius 2 is 2.17 bits per heavy atom. The Hall–Kier alpha value is -1.15. The van der Waals surface area contributed by atoms with Crippen molar-refractivity contribution in [2.24, 2.45) is 5.73 Å². The van der Waals surface area contributed by atoms with Gasteiger partial charge in [-0.05, 0) is 19.3 Å². The Morgan fingerprint density at radius 3 is 2.72 bits per heavy atom. The van der Waals surface area contributed by atoms with E-state index in [1.54, 1.807) is 0 Å². The Balaban J connectivity index is 1.84. The summed E-state index contributed by atoms with van der Waals surface area (Å²) in [5.74, 6) is -0.426. The molecule has 0 bridgehead atoms. The standard InChI is InChI=1S/C10H14F3N3O2/c11-10(12,13)4-8-15-9(16-18-8)7(14)5-17-6-2-1-3-6/h6-7H,1-5,14H2. The molecule has 5 nitrogen and oxygen atoms in total. The van der Waals surface area contributed by atoms with Gasteiger partial charge in [0.05, 0.1) is 18.8 Å². The van der Waals surface area contributed by atoms with Crippen LogP contribution in [0.2, 0.25) is 0 Å². The van der Waals surface area contributed by atoms with Crippen molar-refractivity contribution < 1.29 is 22.4 Å². The maximum Gasteiger partial charge on any atom is 0.397 e. The molecule has 1 aromatic heterocycles. The minimum atomic E-state index is -4.36. The zero-order chi connectivity index (χ0) is 13.2. The van der Waals surface area contributed by atoms with E-state index in [1.807, 2.05) is 0 Å². The molecule has 0 aliphatic heterocycles. The maximum atomic E-state index is 12.1. The van der Waals surface area contributed by atoms with Crippen molar-refractivity contribution in [3.8, 4) is 0 Å². The fourth-order valence-corrected chi connectivity index (χ4v) is 1.51. The Labute approximate surface area is 101 Å². The molecule has 1 unspecified atom stereocenters. The first-order chi connectivity index (χ1) is 8.44. The average molecular weight is 265 g/mol. The first kappa shape index (κ1) is 13.3. The predicted molar refractivity (Wildman–Crippen MR) is 54.6 cm³/mol. The number of hydrogen-bond donors (Lipinski definition) is 1. The zero-order valence-electron chi connectivity index (χ0n) is 9.61. The highest BCUT2D eigenvalue weighted by molar-refractivity contribution is 4.94. The quantitative estimate of drug-likeness (QED) is 0.877. The van der Waals surface area contributed by atoms with Crippen LogP contribution < -0.4 is 5.73 Å².